The molecule has 0 saturated heterocycles. The van der Waals surface area contributed by atoms with Crippen molar-refractivity contribution in [2.75, 3.05) is 6.61 Å². The molecule has 0 atom stereocenters. The van der Waals surface area contributed by atoms with Crippen LogP contribution in [-0.2, 0) is 14.1 Å². The molecular formula is C15H18N4O3. The monoisotopic (exact) mass is 302 g/mol. The van der Waals surface area contributed by atoms with Gasteiger partial charge in [-0.2, -0.15) is 10.5 Å². The fourth-order valence-electron chi connectivity index (χ4n) is 1.90. The van der Waals surface area contributed by atoms with E-state index in [1.807, 2.05) is 6.92 Å². The third-order valence-corrected chi connectivity index (χ3v) is 3.16. The number of hydrogen-bond acceptors (Lipinski definition) is 5. The second kappa shape index (κ2) is 7.84. The SMILES string of the molecule is CCCCCOc1c(C=C(C#N)C#N)c(=O)n(C)c(=O)n1C. The molecule has 0 unspecified atom stereocenters. The van der Waals surface area contributed by atoms with Gasteiger partial charge in [0.1, 0.15) is 23.3 Å². The molecule has 0 N–H and O–H groups in total. The van der Waals surface area contributed by atoms with Crippen molar-refractivity contribution in [3.63, 3.8) is 0 Å². The maximum absolute atomic E-state index is 12.2. The predicted octanol–water partition coefficient (Wildman–Crippen LogP) is 1.08. The summed E-state index contributed by atoms with van der Waals surface area (Å²) in [4.78, 5) is 24.2. The van der Waals surface area contributed by atoms with E-state index in [2.05, 4.69) is 0 Å². The molecule has 7 nitrogen and oxygen atoms in total. The maximum atomic E-state index is 12.2. The van der Waals surface area contributed by atoms with Gasteiger partial charge in [-0.1, -0.05) is 19.8 Å². The molecule has 0 spiro atoms. The van der Waals surface area contributed by atoms with Crippen LogP contribution < -0.4 is 16.0 Å². The highest BCUT2D eigenvalue weighted by molar-refractivity contribution is 5.64. The molecule has 0 fully saturated rings. The van der Waals surface area contributed by atoms with E-state index in [0.717, 1.165) is 29.9 Å². The second-order valence-electron chi connectivity index (χ2n) is 4.76. The van der Waals surface area contributed by atoms with E-state index >= 15 is 0 Å². The number of nitriles is 2. The number of hydrogen-bond donors (Lipinski definition) is 0. The van der Waals surface area contributed by atoms with Gasteiger partial charge in [-0.25, -0.2) is 4.79 Å². The van der Waals surface area contributed by atoms with Crippen molar-refractivity contribution in [3.8, 4) is 18.0 Å². The van der Waals surface area contributed by atoms with Gasteiger partial charge in [-0.15, -0.1) is 0 Å². The van der Waals surface area contributed by atoms with Gasteiger partial charge in [0, 0.05) is 14.1 Å². The van der Waals surface area contributed by atoms with Crippen LogP contribution >= 0.6 is 0 Å². The smallest absolute Gasteiger partial charge is 0.333 e. The first kappa shape index (κ1) is 17.3. The molecule has 0 aliphatic heterocycles. The van der Waals surface area contributed by atoms with Gasteiger partial charge in [-0.3, -0.25) is 13.9 Å². The van der Waals surface area contributed by atoms with Gasteiger partial charge >= 0.3 is 5.69 Å². The van der Waals surface area contributed by atoms with E-state index in [-0.39, 0.29) is 17.0 Å². The molecule has 1 aromatic heterocycles. The molecule has 116 valence electrons. The highest BCUT2D eigenvalue weighted by Gasteiger charge is 2.16. The lowest BCUT2D eigenvalue weighted by atomic mass is 10.2. The molecule has 7 heteroatoms. The summed E-state index contributed by atoms with van der Waals surface area (Å²) in [6.45, 7) is 2.40. The lowest BCUT2D eigenvalue weighted by Gasteiger charge is -2.14. The summed E-state index contributed by atoms with van der Waals surface area (Å²) in [5.74, 6) is 0.0761. The van der Waals surface area contributed by atoms with Crippen molar-refractivity contribution in [1.82, 2.24) is 9.13 Å². The van der Waals surface area contributed by atoms with Crippen molar-refractivity contribution in [2.24, 2.45) is 14.1 Å². The van der Waals surface area contributed by atoms with Gasteiger partial charge in [-0.05, 0) is 12.5 Å². The van der Waals surface area contributed by atoms with Crippen molar-refractivity contribution in [3.05, 3.63) is 32.0 Å². The average Bonchev–Trinajstić information content (AvgIpc) is 2.53. The highest BCUT2D eigenvalue weighted by Crippen LogP contribution is 2.16. The third kappa shape index (κ3) is 3.64. The molecule has 1 aromatic rings. The molecule has 0 aliphatic rings. The van der Waals surface area contributed by atoms with Crippen molar-refractivity contribution < 1.29 is 4.74 Å². The fourth-order valence-corrected chi connectivity index (χ4v) is 1.90. The van der Waals surface area contributed by atoms with Crippen molar-refractivity contribution in [2.45, 2.75) is 26.2 Å². The van der Waals surface area contributed by atoms with Crippen LogP contribution in [0.5, 0.6) is 5.88 Å². The van der Waals surface area contributed by atoms with Crippen LogP contribution in [0.4, 0.5) is 0 Å². The number of unbranched alkanes of at least 4 members (excludes halogenated alkanes) is 2. The van der Waals surface area contributed by atoms with Gasteiger partial charge in [0.05, 0.1) is 6.61 Å². The second-order valence-corrected chi connectivity index (χ2v) is 4.76. The van der Waals surface area contributed by atoms with E-state index in [1.54, 1.807) is 12.1 Å². The minimum absolute atomic E-state index is 0.0270. The Bertz CT molecular complexity index is 756. The predicted molar refractivity (Wildman–Crippen MR) is 81.1 cm³/mol. The molecular weight excluding hydrogens is 284 g/mol. The summed E-state index contributed by atoms with van der Waals surface area (Å²) in [6.07, 6.45) is 3.91. The summed E-state index contributed by atoms with van der Waals surface area (Å²) >= 11 is 0. The Morgan fingerprint density at radius 2 is 1.82 bits per heavy atom. The zero-order chi connectivity index (χ0) is 16.7. The zero-order valence-electron chi connectivity index (χ0n) is 12.9. The standard InChI is InChI=1S/C15H18N4O3/c1-4-5-6-7-22-14-12(8-11(9-16)10-17)13(20)18(2)15(21)19(14)3/h8H,4-7H2,1-3H3. The highest BCUT2D eigenvalue weighted by atomic mass is 16.5. The number of rotatable bonds is 6. The number of nitrogens with zero attached hydrogens (tertiary/aromatic N) is 4. The Kier molecular flexibility index (Phi) is 6.15. The van der Waals surface area contributed by atoms with E-state index in [9.17, 15) is 9.59 Å². The van der Waals surface area contributed by atoms with Crippen LogP contribution in [0.3, 0.4) is 0 Å². The van der Waals surface area contributed by atoms with Crippen LogP contribution in [0.1, 0.15) is 31.7 Å². The molecule has 0 radical (unpaired) electrons. The van der Waals surface area contributed by atoms with E-state index < -0.39 is 11.2 Å². The first-order valence-corrected chi connectivity index (χ1v) is 6.92. The summed E-state index contributed by atoms with van der Waals surface area (Å²) in [5.41, 5.74) is -1.33. The lowest BCUT2D eigenvalue weighted by Crippen LogP contribution is -2.39. The number of allylic oxidation sites excluding steroid dienone is 1. The summed E-state index contributed by atoms with van der Waals surface area (Å²) in [7, 11) is 2.81. The van der Waals surface area contributed by atoms with Gasteiger partial charge in [0.2, 0.25) is 5.88 Å². The van der Waals surface area contributed by atoms with Crippen LogP contribution in [0, 0.1) is 22.7 Å². The number of aromatic nitrogens is 2. The Hall–Kier alpha value is -2.80. The van der Waals surface area contributed by atoms with Crippen molar-refractivity contribution in [1.29, 1.82) is 10.5 Å². The quantitative estimate of drug-likeness (QED) is 0.578. The third-order valence-electron chi connectivity index (χ3n) is 3.16. The topological polar surface area (TPSA) is 101 Å². The molecule has 0 saturated carbocycles. The fraction of sp³-hybridized carbons (Fsp3) is 0.467. The number of ether oxygens (including phenoxy) is 1. The molecule has 1 heterocycles. The first-order chi connectivity index (χ1) is 10.5. The minimum atomic E-state index is -0.600. The molecule has 1 rings (SSSR count). The normalized spacial score (nSPS) is 9.68. The van der Waals surface area contributed by atoms with Crippen LogP contribution in [0.2, 0.25) is 0 Å². The van der Waals surface area contributed by atoms with Crippen LogP contribution in [-0.4, -0.2) is 15.7 Å². The Morgan fingerprint density at radius 1 is 1.18 bits per heavy atom. The van der Waals surface area contributed by atoms with Crippen molar-refractivity contribution >= 4 is 6.08 Å². The van der Waals surface area contributed by atoms with Gasteiger partial charge < -0.3 is 4.74 Å². The van der Waals surface area contributed by atoms with Crippen LogP contribution in [0.25, 0.3) is 6.08 Å². The zero-order valence-corrected chi connectivity index (χ0v) is 12.9. The summed E-state index contributed by atoms with van der Waals surface area (Å²) in [5, 5.41) is 17.7. The lowest BCUT2D eigenvalue weighted by molar-refractivity contribution is 0.277. The summed E-state index contributed by atoms with van der Waals surface area (Å²) in [6, 6.07) is 3.39. The van der Waals surface area contributed by atoms with Gasteiger partial charge in [0.15, 0.2) is 0 Å². The van der Waals surface area contributed by atoms with Crippen LogP contribution in [0.15, 0.2) is 15.2 Å². The summed E-state index contributed by atoms with van der Waals surface area (Å²) < 4.78 is 7.68. The molecule has 0 aromatic carbocycles. The largest absolute Gasteiger partial charge is 0.478 e. The van der Waals surface area contributed by atoms with Gasteiger partial charge in [0.25, 0.3) is 5.56 Å². The maximum Gasteiger partial charge on any atom is 0.333 e. The Morgan fingerprint density at radius 3 is 2.36 bits per heavy atom. The molecule has 0 bridgehead atoms. The van der Waals surface area contributed by atoms with E-state index in [0.29, 0.717) is 6.61 Å². The molecule has 0 amide bonds. The van der Waals surface area contributed by atoms with E-state index in [1.165, 1.54) is 18.7 Å². The average molecular weight is 302 g/mol. The molecule has 22 heavy (non-hydrogen) atoms. The molecule has 0 aliphatic carbocycles. The Labute approximate surface area is 128 Å². The minimum Gasteiger partial charge on any atom is -0.478 e. The van der Waals surface area contributed by atoms with E-state index in [4.69, 9.17) is 15.3 Å². The first-order valence-electron chi connectivity index (χ1n) is 6.92. The Balaban J connectivity index is 3.43.